The van der Waals surface area contributed by atoms with Crippen molar-refractivity contribution in [2.24, 2.45) is 0 Å². The SMILES string of the molecule is CC(C)Oc1ccc(C(=O)N(C2CC2)C2CCc3nn(C(=O)OCc4ccccc4)cc3C2)cc1F. The average Bonchev–Trinajstić information content (AvgIpc) is 3.61. The monoisotopic (exact) mass is 491 g/mol. The highest BCUT2D eigenvalue weighted by Gasteiger charge is 2.39. The second-order valence-electron chi connectivity index (χ2n) is 9.74. The predicted molar refractivity (Wildman–Crippen MR) is 131 cm³/mol. The molecular formula is C28H30FN3O4. The molecule has 36 heavy (non-hydrogen) atoms. The number of hydrogen-bond donors (Lipinski definition) is 0. The van der Waals surface area contributed by atoms with Crippen LogP contribution in [0.3, 0.4) is 0 Å². The molecule has 5 rings (SSSR count). The van der Waals surface area contributed by atoms with Crippen LogP contribution >= 0.6 is 0 Å². The van der Waals surface area contributed by atoms with Crippen LogP contribution in [0.4, 0.5) is 9.18 Å². The van der Waals surface area contributed by atoms with Crippen molar-refractivity contribution in [2.45, 2.75) is 70.7 Å². The first-order valence-corrected chi connectivity index (χ1v) is 12.5. The molecule has 0 spiro atoms. The second-order valence-corrected chi connectivity index (χ2v) is 9.74. The van der Waals surface area contributed by atoms with Gasteiger partial charge in [0.2, 0.25) is 0 Å². The normalized spacial score (nSPS) is 16.9. The number of fused-ring (bicyclic) bond motifs is 1. The number of ether oxygens (including phenoxy) is 2. The second kappa shape index (κ2) is 10.1. The third kappa shape index (κ3) is 5.27. The number of rotatable bonds is 7. The van der Waals surface area contributed by atoms with Crippen molar-refractivity contribution in [2.75, 3.05) is 0 Å². The average molecular weight is 492 g/mol. The molecule has 1 aromatic heterocycles. The summed E-state index contributed by atoms with van der Waals surface area (Å²) >= 11 is 0. The lowest BCUT2D eigenvalue weighted by Crippen LogP contribution is -2.44. The third-order valence-electron chi connectivity index (χ3n) is 6.55. The largest absolute Gasteiger partial charge is 0.488 e. The molecule has 1 amide bonds. The molecule has 1 atom stereocenters. The Morgan fingerprint density at radius 1 is 1.11 bits per heavy atom. The third-order valence-corrected chi connectivity index (χ3v) is 6.55. The Hall–Kier alpha value is -3.68. The molecular weight excluding hydrogens is 461 g/mol. The summed E-state index contributed by atoms with van der Waals surface area (Å²) in [5.74, 6) is -0.560. The van der Waals surface area contributed by atoms with Crippen LogP contribution in [0.25, 0.3) is 0 Å². The highest BCUT2D eigenvalue weighted by atomic mass is 19.1. The zero-order chi connectivity index (χ0) is 25.2. The van der Waals surface area contributed by atoms with Crippen molar-refractivity contribution in [3.05, 3.63) is 82.9 Å². The zero-order valence-corrected chi connectivity index (χ0v) is 20.5. The lowest BCUT2D eigenvalue weighted by Gasteiger charge is -2.34. The Labute approximate surface area is 209 Å². The highest BCUT2D eigenvalue weighted by molar-refractivity contribution is 5.95. The number of aryl methyl sites for hydroxylation is 1. The van der Waals surface area contributed by atoms with Gasteiger partial charge in [-0.1, -0.05) is 30.3 Å². The smallest absolute Gasteiger partial charge is 0.435 e. The van der Waals surface area contributed by atoms with Crippen molar-refractivity contribution in [1.82, 2.24) is 14.7 Å². The van der Waals surface area contributed by atoms with Crippen LogP contribution in [0.15, 0.2) is 54.7 Å². The first kappa shape index (κ1) is 24.0. The van der Waals surface area contributed by atoms with Gasteiger partial charge in [0.15, 0.2) is 11.6 Å². The zero-order valence-electron chi connectivity index (χ0n) is 20.5. The number of hydrogen-bond acceptors (Lipinski definition) is 5. The van der Waals surface area contributed by atoms with Crippen LogP contribution in [-0.4, -0.2) is 44.9 Å². The van der Waals surface area contributed by atoms with Crippen LogP contribution in [0.5, 0.6) is 5.75 Å². The van der Waals surface area contributed by atoms with Gasteiger partial charge >= 0.3 is 6.09 Å². The lowest BCUT2D eigenvalue weighted by molar-refractivity contribution is 0.0642. The number of benzene rings is 2. The summed E-state index contributed by atoms with van der Waals surface area (Å²) in [6.07, 6.45) is 4.90. The standard InChI is InChI=1S/C28H30FN3O4/c1-18(2)36-26-13-8-20(15-24(26)29)27(33)32(22-9-10-22)23-11-12-25-21(14-23)16-31(30-25)28(34)35-17-19-6-4-3-5-7-19/h3-8,13,15-16,18,22-23H,9-12,14,17H2,1-2H3. The summed E-state index contributed by atoms with van der Waals surface area (Å²) in [6, 6.07) is 14.0. The van der Waals surface area contributed by atoms with Gasteiger partial charge in [0.25, 0.3) is 5.91 Å². The highest BCUT2D eigenvalue weighted by Crippen LogP contribution is 2.35. The minimum atomic E-state index is -0.536. The molecule has 0 N–H and O–H groups in total. The number of nitrogens with zero attached hydrogens (tertiary/aromatic N) is 3. The van der Waals surface area contributed by atoms with Crippen LogP contribution in [0.2, 0.25) is 0 Å². The van der Waals surface area contributed by atoms with E-state index in [1.807, 2.05) is 49.1 Å². The molecule has 2 aliphatic rings. The molecule has 7 nitrogen and oxygen atoms in total. The summed E-state index contributed by atoms with van der Waals surface area (Å²) in [5, 5.41) is 4.44. The number of amides is 1. The fraction of sp³-hybridized carbons (Fsp3) is 0.393. The van der Waals surface area contributed by atoms with E-state index in [4.69, 9.17) is 9.47 Å². The van der Waals surface area contributed by atoms with Gasteiger partial charge < -0.3 is 14.4 Å². The molecule has 0 radical (unpaired) electrons. The van der Waals surface area contributed by atoms with Gasteiger partial charge in [-0.15, -0.1) is 0 Å². The number of carbonyl (C=O) groups excluding carboxylic acids is 2. The van der Waals surface area contributed by atoms with Crippen molar-refractivity contribution >= 4 is 12.0 Å². The van der Waals surface area contributed by atoms with Gasteiger partial charge in [-0.3, -0.25) is 4.79 Å². The Morgan fingerprint density at radius 2 is 1.89 bits per heavy atom. The molecule has 0 aliphatic heterocycles. The topological polar surface area (TPSA) is 73.7 Å². The van der Waals surface area contributed by atoms with Crippen LogP contribution < -0.4 is 4.74 Å². The lowest BCUT2D eigenvalue weighted by atomic mass is 9.91. The first-order chi connectivity index (χ1) is 17.4. The van der Waals surface area contributed by atoms with E-state index in [0.29, 0.717) is 18.4 Å². The molecule has 1 unspecified atom stereocenters. The summed E-state index contributed by atoms with van der Waals surface area (Å²) < 4.78 is 26.7. The van der Waals surface area contributed by atoms with Crippen molar-refractivity contribution in [1.29, 1.82) is 0 Å². The Morgan fingerprint density at radius 3 is 2.58 bits per heavy atom. The van der Waals surface area contributed by atoms with Crippen LogP contribution in [0, 0.1) is 5.82 Å². The predicted octanol–water partition coefficient (Wildman–Crippen LogP) is 5.16. The van der Waals surface area contributed by atoms with E-state index in [0.717, 1.165) is 36.1 Å². The van der Waals surface area contributed by atoms with E-state index in [-0.39, 0.29) is 36.5 Å². The minimum absolute atomic E-state index is 0.0369. The molecule has 0 saturated heterocycles. The molecule has 2 aliphatic carbocycles. The van der Waals surface area contributed by atoms with Gasteiger partial charge in [0, 0.05) is 23.8 Å². The summed E-state index contributed by atoms with van der Waals surface area (Å²) in [5.41, 5.74) is 3.02. The fourth-order valence-electron chi connectivity index (χ4n) is 4.72. The molecule has 2 aromatic carbocycles. The molecule has 1 fully saturated rings. The van der Waals surface area contributed by atoms with Gasteiger partial charge in [0.1, 0.15) is 6.61 Å². The van der Waals surface area contributed by atoms with Crippen LogP contribution in [0.1, 0.15) is 60.3 Å². The maximum atomic E-state index is 14.6. The van der Waals surface area contributed by atoms with E-state index >= 15 is 0 Å². The van der Waals surface area contributed by atoms with Crippen molar-refractivity contribution in [3.8, 4) is 5.75 Å². The molecule has 1 heterocycles. The maximum absolute atomic E-state index is 14.6. The molecule has 3 aromatic rings. The molecule has 0 bridgehead atoms. The van der Waals surface area contributed by atoms with Crippen LogP contribution in [-0.2, 0) is 24.2 Å². The first-order valence-electron chi connectivity index (χ1n) is 12.5. The van der Waals surface area contributed by atoms with Gasteiger partial charge in [-0.05, 0) is 75.3 Å². The maximum Gasteiger partial charge on any atom is 0.435 e. The van der Waals surface area contributed by atoms with Gasteiger partial charge in [-0.2, -0.15) is 9.78 Å². The van der Waals surface area contributed by atoms with Crippen molar-refractivity contribution < 1.29 is 23.5 Å². The fourth-order valence-corrected chi connectivity index (χ4v) is 4.72. The van der Waals surface area contributed by atoms with Gasteiger partial charge in [-0.25, -0.2) is 9.18 Å². The van der Waals surface area contributed by atoms with Gasteiger partial charge in [0.05, 0.1) is 11.8 Å². The van der Waals surface area contributed by atoms with E-state index in [1.54, 1.807) is 12.3 Å². The summed E-state index contributed by atoms with van der Waals surface area (Å²) in [4.78, 5) is 27.9. The van der Waals surface area contributed by atoms with E-state index in [2.05, 4.69) is 5.10 Å². The quantitative estimate of drug-likeness (QED) is 0.457. The summed E-state index contributed by atoms with van der Waals surface area (Å²) in [7, 11) is 0. The van der Waals surface area contributed by atoms with E-state index in [9.17, 15) is 14.0 Å². The molecule has 8 heteroatoms. The Bertz CT molecular complexity index is 1250. The number of aromatic nitrogens is 2. The minimum Gasteiger partial charge on any atom is -0.488 e. The van der Waals surface area contributed by atoms with Crippen molar-refractivity contribution in [3.63, 3.8) is 0 Å². The Kier molecular flexibility index (Phi) is 6.76. The van der Waals surface area contributed by atoms with E-state index < -0.39 is 11.9 Å². The summed E-state index contributed by atoms with van der Waals surface area (Å²) in [6.45, 7) is 3.83. The number of halogens is 1. The Balaban J connectivity index is 1.28. The molecule has 1 saturated carbocycles. The number of carbonyl (C=O) groups is 2. The van der Waals surface area contributed by atoms with E-state index in [1.165, 1.54) is 16.8 Å². The molecule has 188 valence electrons.